The van der Waals surface area contributed by atoms with Crippen molar-refractivity contribution in [1.82, 2.24) is 30.3 Å². The lowest BCUT2D eigenvalue weighted by Gasteiger charge is -2.03. The molecule has 0 aliphatic heterocycles. The Morgan fingerprint density at radius 2 is 1.89 bits per heavy atom. The van der Waals surface area contributed by atoms with E-state index >= 15 is 0 Å². The molecule has 0 unspecified atom stereocenters. The lowest BCUT2D eigenvalue weighted by Crippen LogP contribution is -2.03. The van der Waals surface area contributed by atoms with E-state index in [1.165, 1.54) is 11.8 Å². The molecule has 0 amide bonds. The third-order valence-electron chi connectivity index (χ3n) is 3.81. The summed E-state index contributed by atoms with van der Waals surface area (Å²) < 4.78 is 12.3. The summed E-state index contributed by atoms with van der Waals surface area (Å²) >= 11 is 1.46. The van der Waals surface area contributed by atoms with Gasteiger partial charge < -0.3 is 9.26 Å². The number of tetrazole rings is 1. The fourth-order valence-electron chi connectivity index (χ4n) is 2.45. The van der Waals surface area contributed by atoms with E-state index in [9.17, 15) is 0 Å². The fraction of sp³-hybridized carbons (Fsp3) is 0.167. The van der Waals surface area contributed by atoms with Gasteiger partial charge in [0.1, 0.15) is 5.75 Å². The minimum atomic E-state index is 0.470. The quantitative estimate of drug-likeness (QED) is 0.452. The third kappa shape index (κ3) is 4.14. The Balaban J connectivity index is 1.41. The van der Waals surface area contributed by atoms with Crippen molar-refractivity contribution >= 4 is 11.8 Å². The second kappa shape index (κ2) is 8.00. The fourth-order valence-corrected chi connectivity index (χ4v) is 3.17. The topological polar surface area (TPSA) is 91.8 Å². The maximum atomic E-state index is 5.35. The van der Waals surface area contributed by atoms with Crippen molar-refractivity contribution in [1.29, 1.82) is 0 Å². The molecule has 2 aromatic carbocycles. The molecule has 0 fully saturated rings. The molecule has 0 saturated carbocycles. The standard InChI is InChI=1S/C18H16N6O2S/c1-25-15-9-7-14(8-10-15)17-19-16(21-26-17)12-27-18-20-22-23-24(18)11-13-5-3-2-4-6-13/h2-10H,11-12H2,1H3. The molecule has 4 aromatic rings. The Morgan fingerprint density at radius 3 is 2.67 bits per heavy atom. The van der Waals surface area contributed by atoms with Crippen LogP contribution in [-0.4, -0.2) is 37.5 Å². The van der Waals surface area contributed by atoms with Crippen molar-refractivity contribution in [3.63, 3.8) is 0 Å². The van der Waals surface area contributed by atoms with Gasteiger partial charge in [-0.25, -0.2) is 4.68 Å². The molecule has 0 radical (unpaired) electrons. The lowest BCUT2D eigenvalue weighted by molar-refractivity contribution is 0.414. The molecular formula is C18H16N6O2S. The first-order valence-corrected chi connectivity index (χ1v) is 9.20. The molecule has 0 N–H and O–H groups in total. The van der Waals surface area contributed by atoms with Crippen LogP contribution in [0.25, 0.3) is 11.5 Å². The smallest absolute Gasteiger partial charge is 0.257 e. The normalized spacial score (nSPS) is 10.9. The molecule has 136 valence electrons. The average Bonchev–Trinajstić information content (AvgIpc) is 3.37. The van der Waals surface area contributed by atoms with E-state index in [1.54, 1.807) is 11.8 Å². The number of benzene rings is 2. The van der Waals surface area contributed by atoms with Crippen LogP contribution in [0.2, 0.25) is 0 Å². The number of hydrogen-bond donors (Lipinski definition) is 0. The van der Waals surface area contributed by atoms with Gasteiger partial charge in [0.2, 0.25) is 5.16 Å². The average molecular weight is 380 g/mol. The highest BCUT2D eigenvalue weighted by Crippen LogP contribution is 2.23. The van der Waals surface area contributed by atoms with Crippen LogP contribution < -0.4 is 4.74 Å². The van der Waals surface area contributed by atoms with Crippen LogP contribution in [0.5, 0.6) is 5.75 Å². The number of hydrogen-bond acceptors (Lipinski definition) is 8. The summed E-state index contributed by atoms with van der Waals surface area (Å²) in [6, 6.07) is 17.5. The van der Waals surface area contributed by atoms with Crippen LogP contribution in [0.3, 0.4) is 0 Å². The van der Waals surface area contributed by atoms with Crippen LogP contribution in [0.1, 0.15) is 11.4 Å². The maximum Gasteiger partial charge on any atom is 0.257 e. The minimum Gasteiger partial charge on any atom is -0.497 e. The van der Waals surface area contributed by atoms with Crippen molar-refractivity contribution in [2.24, 2.45) is 0 Å². The number of nitrogens with zero attached hydrogens (tertiary/aromatic N) is 6. The zero-order valence-corrected chi connectivity index (χ0v) is 15.3. The number of rotatable bonds is 7. The molecule has 0 saturated heterocycles. The summed E-state index contributed by atoms with van der Waals surface area (Å²) in [5.74, 6) is 2.34. The van der Waals surface area contributed by atoms with Gasteiger partial charge in [-0.05, 0) is 40.3 Å². The summed E-state index contributed by atoms with van der Waals surface area (Å²) in [5, 5.41) is 16.6. The Bertz CT molecular complexity index is 1000. The van der Waals surface area contributed by atoms with E-state index < -0.39 is 0 Å². The van der Waals surface area contributed by atoms with Gasteiger partial charge in [0.25, 0.3) is 5.89 Å². The van der Waals surface area contributed by atoms with E-state index in [-0.39, 0.29) is 0 Å². The monoisotopic (exact) mass is 380 g/mol. The van der Waals surface area contributed by atoms with Crippen molar-refractivity contribution < 1.29 is 9.26 Å². The zero-order chi connectivity index (χ0) is 18.5. The van der Waals surface area contributed by atoms with Crippen molar-refractivity contribution in [2.75, 3.05) is 7.11 Å². The van der Waals surface area contributed by atoms with Crippen LogP contribution in [-0.2, 0) is 12.3 Å². The Hall–Kier alpha value is -3.20. The molecule has 0 bridgehead atoms. The molecule has 27 heavy (non-hydrogen) atoms. The van der Waals surface area contributed by atoms with E-state index in [1.807, 2.05) is 54.6 Å². The van der Waals surface area contributed by atoms with Crippen molar-refractivity contribution in [3.05, 3.63) is 66.0 Å². The van der Waals surface area contributed by atoms with Crippen molar-refractivity contribution in [2.45, 2.75) is 17.5 Å². The number of methoxy groups -OCH3 is 1. The highest BCUT2D eigenvalue weighted by atomic mass is 32.2. The van der Waals surface area contributed by atoms with E-state index in [4.69, 9.17) is 9.26 Å². The molecule has 8 nitrogen and oxygen atoms in total. The highest BCUT2D eigenvalue weighted by Gasteiger charge is 2.12. The van der Waals surface area contributed by atoms with Gasteiger partial charge in [-0.3, -0.25) is 0 Å². The Kier molecular flexibility index (Phi) is 5.10. The molecule has 0 aliphatic rings. The minimum absolute atomic E-state index is 0.470. The molecule has 0 spiro atoms. The summed E-state index contributed by atoms with van der Waals surface area (Å²) in [7, 11) is 1.63. The van der Waals surface area contributed by atoms with Gasteiger partial charge >= 0.3 is 0 Å². The van der Waals surface area contributed by atoms with Gasteiger partial charge in [-0.1, -0.05) is 47.3 Å². The van der Waals surface area contributed by atoms with Crippen LogP contribution in [0.4, 0.5) is 0 Å². The SMILES string of the molecule is COc1ccc(-c2nc(CSc3nnnn3Cc3ccccc3)no2)cc1. The molecular weight excluding hydrogens is 364 g/mol. The predicted molar refractivity (Wildman–Crippen MR) is 99.2 cm³/mol. The first kappa shape index (κ1) is 17.2. The summed E-state index contributed by atoms with van der Waals surface area (Å²) in [6.45, 7) is 0.611. The van der Waals surface area contributed by atoms with Crippen LogP contribution in [0.15, 0.2) is 64.3 Å². The predicted octanol–water partition coefficient (Wildman–Crippen LogP) is 3.07. The lowest BCUT2D eigenvalue weighted by atomic mass is 10.2. The molecule has 2 heterocycles. The highest BCUT2D eigenvalue weighted by molar-refractivity contribution is 7.98. The van der Waals surface area contributed by atoms with Crippen LogP contribution in [0, 0.1) is 0 Å². The second-order valence-electron chi connectivity index (χ2n) is 5.64. The Morgan fingerprint density at radius 1 is 1.07 bits per heavy atom. The zero-order valence-electron chi connectivity index (χ0n) is 14.5. The molecule has 9 heteroatoms. The van der Waals surface area contributed by atoms with Gasteiger partial charge in [0, 0.05) is 5.56 Å². The number of aromatic nitrogens is 6. The maximum absolute atomic E-state index is 5.35. The van der Waals surface area contributed by atoms with E-state index in [0.717, 1.165) is 16.9 Å². The molecule has 4 rings (SSSR count). The molecule has 2 aromatic heterocycles. The van der Waals surface area contributed by atoms with Crippen molar-refractivity contribution in [3.8, 4) is 17.2 Å². The number of thioether (sulfide) groups is 1. The van der Waals surface area contributed by atoms with Gasteiger partial charge in [0.05, 0.1) is 19.4 Å². The summed E-state index contributed by atoms with van der Waals surface area (Å²) in [4.78, 5) is 4.43. The summed E-state index contributed by atoms with van der Waals surface area (Å²) in [6.07, 6.45) is 0. The largest absolute Gasteiger partial charge is 0.497 e. The van der Waals surface area contributed by atoms with Gasteiger partial charge in [-0.15, -0.1) is 5.10 Å². The molecule has 0 aliphatic carbocycles. The van der Waals surface area contributed by atoms with Gasteiger partial charge in [0.15, 0.2) is 5.82 Å². The van der Waals surface area contributed by atoms with Gasteiger partial charge in [-0.2, -0.15) is 4.98 Å². The molecule has 0 atom stereocenters. The Labute approximate surface area is 159 Å². The van der Waals surface area contributed by atoms with E-state index in [0.29, 0.717) is 29.2 Å². The first-order chi connectivity index (χ1) is 13.3. The second-order valence-corrected chi connectivity index (χ2v) is 6.58. The van der Waals surface area contributed by atoms with Crippen LogP contribution >= 0.6 is 11.8 Å². The first-order valence-electron chi connectivity index (χ1n) is 8.22. The summed E-state index contributed by atoms with van der Waals surface area (Å²) in [5.41, 5.74) is 1.97. The third-order valence-corrected chi connectivity index (χ3v) is 4.76. The number of ether oxygens (including phenoxy) is 1. The van der Waals surface area contributed by atoms with E-state index in [2.05, 4.69) is 25.7 Å².